The maximum atomic E-state index is 2.51. The maximum absolute atomic E-state index is 2.51. The van der Waals surface area contributed by atoms with Crippen LogP contribution in [0.25, 0.3) is 0 Å². The van der Waals surface area contributed by atoms with Crippen LogP contribution in [0.2, 0.25) is 0 Å². The molecule has 0 N–H and O–H groups in total. The average Bonchev–Trinajstić information content (AvgIpc) is 1.66. The maximum Gasteiger partial charge on any atom is 0.0697 e. The van der Waals surface area contributed by atoms with Crippen LogP contribution in [0.15, 0.2) is 0 Å². The summed E-state index contributed by atoms with van der Waals surface area (Å²) in [4.78, 5) is 0. The Labute approximate surface area is 58.5 Å². The van der Waals surface area contributed by atoms with Crippen LogP contribution in [-0.2, 0) is 0 Å². The van der Waals surface area contributed by atoms with Gasteiger partial charge in [0, 0.05) is 0 Å². The first-order chi connectivity index (χ1) is 3.77. The van der Waals surface area contributed by atoms with Gasteiger partial charge in [-0.3, -0.25) is 0 Å². The Bertz CT molecular complexity index is 47.7. The Kier molecular flexibility index (Phi) is 5.80. The fourth-order valence-corrected chi connectivity index (χ4v) is 1.31. The molecule has 0 fully saturated rings. The van der Waals surface area contributed by atoms with Crippen molar-refractivity contribution in [3.05, 3.63) is 0 Å². The summed E-state index contributed by atoms with van der Waals surface area (Å²) in [5.74, 6) is 0. The molecule has 0 aliphatic carbocycles. The van der Waals surface area contributed by atoms with Gasteiger partial charge < -0.3 is 4.23 Å². The fraction of sp³-hybridized carbons (Fsp3) is 1.00. The average molecular weight is 147 g/mol. The first kappa shape index (κ1) is 8.39. The van der Waals surface area contributed by atoms with E-state index >= 15 is 0 Å². The predicted octanol–water partition coefficient (Wildman–Crippen LogP) is -0.961. The molecule has 0 aliphatic rings. The molecular weight excluding hydrogens is 130 g/mol. The highest BCUT2D eigenvalue weighted by atomic mass is 28.2. The van der Waals surface area contributed by atoms with E-state index in [1.165, 1.54) is 46.6 Å². The molecule has 0 rings (SSSR count). The SMILES string of the molecule is CCCCCN([SiH3])[SiH3]. The molecule has 0 heterocycles. The highest BCUT2D eigenvalue weighted by Gasteiger charge is 1.86. The summed E-state index contributed by atoms with van der Waals surface area (Å²) in [7, 11) is 2.56. The Hall–Kier alpha value is 0.394. The zero-order valence-electron chi connectivity index (χ0n) is 6.28. The zero-order valence-corrected chi connectivity index (χ0v) is 10.3. The summed E-state index contributed by atoms with van der Waals surface area (Å²) in [6, 6.07) is 0. The highest BCUT2D eigenvalue weighted by molar-refractivity contribution is 6.24. The van der Waals surface area contributed by atoms with Gasteiger partial charge in [-0.2, -0.15) is 0 Å². The van der Waals surface area contributed by atoms with Crippen molar-refractivity contribution >= 4 is 20.8 Å². The number of hydrogen-bond acceptors (Lipinski definition) is 1. The van der Waals surface area contributed by atoms with E-state index in [0.29, 0.717) is 0 Å². The third kappa shape index (κ3) is 6.39. The van der Waals surface area contributed by atoms with Crippen molar-refractivity contribution in [1.82, 2.24) is 4.23 Å². The lowest BCUT2D eigenvalue weighted by atomic mass is 10.3. The Morgan fingerprint density at radius 2 is 1.88 bits per heavy atom. The first-order valence-electron chi connectivity index (χ1n) is 3.42. The van der Waals surface area contributed by atoms with Crippen LogP contribution in [0.1, 0.15) is 26.2 Å². The van der Waals surface area contributed by atoms with Crippen LogP contribution in [0, 0.1) is 0 Å². The second-order valence-electron chi connectivity index (χ2n) is 2.51. The quantitative estimate of drug-likeness (QED) is 0.366. The van der Waals surface area contributed by atoms with Crippen LogP contribution < -0.4 is 0 Å². The van der Waals surface area contributed by atoms with Crippen molar-refractivity contribution in [2.24, 2.45) is 0 Å². The largest absolute Gasteiger partial charge is 0.360 e. The molecule has 50 valence electrons. The summed E-state index contributed by atoms with van der Waals surface area (Å²) in [6.07, 6.45) is 4.20. The minimum Gasteiger partial charge on any atom is -0.360 e. The molecule has 0 saturated carbocycles. The first-order valence-corrected chi connectivity index (χ1v) is 5.21. The van der Waals surface area contributed by atoms with Crippen molar-refractivity contribution in [1.29, 1.82) is 0 Å². The van der Waals surface area contributed by atoms with E-state index in [4.69, 9.17) is 0 Å². The van der Waals surface area contributed by atoms with Gasteiger partial charge in [-0.25, -0.2) is 0 Å². The van der Waals surface area contributed by atoms with Crippen molar-refractivity contribution in [2.45, 2.75) is 26.2 Å². The standard InChI is InChI=1S/C5H17NSi2/c1-2-3-4-5-6(7)8/h2-5H2,1,7-8H3. The van der Waals surface area contributed by atoms with Crippen LogP contribution in [-0.4, -0.2) is 31.6 Å². The molecule has 0 bridgehead atoms. The molecular formula is C5H17NSi2. The summed E-state index contributed by atoms with van der Waals surface area (Å²) in [5, 5.41) is 0. The monoisotopic (exact) mass is 147 g/mol. The summed E-state index contributed by atoms with van der Waals surface area (Å²) in [5.41, 5.74) is 0. The highest BCUT2D eigenvalue weighted by Crippen LogP contribution is 1.92. The molecule has 3 heteroatoms. The molecule has 0 unspecified atom stereocenters. The molecule has 0 amide bonds. The van der Waals surface area contributed by atoms with E-state index in [1.54, 1.807) is 0 Å². The molecule has 0 atom stereocenters. The lowest BCUT2D eigenvalue weighted by molar-refractivity contribution is 0.607. The summed E-state index contributed by atoms with van der Waals surface area (Å²) < 4.78 is 2.51. The van der Waals surface area contributed by atoms with Gasteiger partial charge in [0.05, 0.1) is 20.8 Å². The molecule has 0 aromatic carbocycles. The number of unbranched alkanes of at least 4 members (excludes halogenated alkanes) is 2. The summed E-state index contributed by atoms with van der Waals surface area (Å²) >= 11 is 0. The van der Waals surface area contributed by atoms with Gasteiger partial charge >= 0.3 is 0 Å². The predicted molar refractivity (Wildman–Crippen MR) is 46.1 cm³/mol. The van der Waals surface area contributed by atoms with Gasteiger partial charge in [0.25, 0.3) is 0 Å². The van der Waals surface area contributed by atoms with Gasteiger partial charge in [0.1, 0.15) is 0 Å². The van der Waals surface area contributed by atoms with Crippen molar-refractivity contribution in [2.75, 3.05) is 6.54 Å². The third-order valence-electron chi connectivity index (χ3n) is 1.21. The van der Waals surface area contributed by atoms with Gasteiger partial charge in [0.2, 0.25) is 0 Å². The second-order valence-corrected chi connectivity index (χ2v) is 7.35. The molecule has 0 aromatic rings. The molecule has 0 aliphatic heterocycles. The molecule has 8 heavy (non-hydrogen) atoms. The van der Waals surface area contributed by atoms with E-state index < -0.39 is 0 Å². The van der Waals surface area contributed by atoms with Gasteiger partial charge in [0.15, 0.2) is 0 Å². The topological polar surface area (TPSA) is 3.24 Å². The number of hydrogen-bond donors (Lipinski definition) is 0. The van der Waals surface area contributed by atoms with Crippen LogP contribution in [0.3, 0.4) is 0 Å². The van der Waals surface area contributed by atoms with Gasteiger partial charge in [-0.1, -0.05) is 19.8 Å². The second kappa shape index (κ2) is 5.53. The Balaban J connectivity index is 2.72. The minimum atomic E-state index is 1.28. The van der Waals surface area contributed by atoms with Crippen LogP contribution >= 0.6 is 0 Å². The van der Waals surface area contributed by atoms with Crippen molar-refractivity contribution in [3.8, 4) is 0 Å². The normalized spacial score (nSPS) is 11.2. The fourth-order valence-electron chi connectivity index (χ4n) is 0.678. The molecule has 0 aromatic heterocycles. The van der Waals surface area contributed by atoms with Crippen molar-refractivity contribution in [3.63, 3.8) is 0 Å². The van der Waals surface area contributed by atoms with Crippen molar-refractivity contribution < 1.29 is 0 Å². The Morgan fingerprint density at radius 1 is 1.25 bits per heavy atom. The van der Waals surface area contributed by atoms with E-state index in [0.717, 1.165) is 0 Å². The van der Waals surface area contributed by atoms with E-state index in [1.807, 2.05) is 0 Å². The Morgan fingerprint density at radius 3 is 2.25 bits per heavy atom. The molecule has 1 nitrogen and oxygen atoms in total. The van der Waals surface area contributed by atoms with E-state index in [-0.39, 0.29) is 0 Å². The van der Waals surface area contributed by atoms with Gasteiger partial charge in [-0.05, 0) is 13.0 Å². The van der Waals surface area contributed by atoms with Crippen LogP contribution in [0.5, 0.6) is 0 Å². The van der Waals surface area contributed by atoms with Gasteiger partial charge in [-0.15, -0.1) is 0 Å². The third-order valence-corrected chi connectivity index (χ3v) is 2.10. The van der Waals surface area contributed by atoms with Crippen LogP contribution in [0.4, 0.5) is 0 Å². The lowest BCUT2D eigenvalue weighted by Crippen LogP contribution is -2.16. The number of rotatable bonds is 4. The minimum absolute atomic E-state index is 1.28. The molecule has 0 saturated heterocycles. The van der Waals surface area contributed by atoms with E-state index in [2.05, 4.69) is 11.2 Å². The summed E-state index contributed by atoms with van der Waals surface area (Å²) in [6.45, 7) is 3.62. The number of nitrogens with zero attached hydrogens (tertiary/aromatic N) is 1. The lowest BCUT2D eigenvalue weighted by Gasteiger charge is -2.07. The molecule has 0 spiro atoms. The molecule has 0 radical (unpaired) electrons. The zero-order chi connectivity index (χ0) is 6.41. The smallest absolute Gasteiger partial charge is 0.0697 e. The van der Waals surface area contributed by atoms with E-state index in [9.17, 15) is 0 Å².